The lowest BCUT2D eigenvalue weighted by atomic mass is 9.87. The molecule has 0 radical (unpaired) electrons. The lowest BCUT2D eigenvalue weighted by Crippen LogP contribution is -2.22. The van der Waals surface area contributed by atoms with E-state index < -0.39 is 17.7 Å². The normalized spacial score (nSPS) is 14.4. The summed E-state index contributed by atoms with van der Waals surface area (Å²) in [5.41, 5.74) is 2.92. The second-order valence-electron chi connectivity index (χ2n) is 9.40. The second kappa shape index (κ2) is 8.54. The molecule has 0 unspecified atom stereocenters. The van der Waals surface area contributed by atoms with Gasteiger partial charge in [0, 0.05) is 41.2 Å². The van der Waals surface area contributed by atoms with Gasteiger partial charge in [-0.15, -0.1) is 0 Å². The zero-order chi connectivity index (χ0) is 23.9. The summed E-state index contributed by atoms with van der Waals surface area (Å²) in [7, 11) is 0. The van der Waals surface area contributed by atoms with Crippen LogP contribution in [0.4, 0.5) is 14.6 Å². The summed E-state index contributed by atoms with van der Waals surface area (Å²) in [4.78, 5) is 22.8. The second-order valence-corrected chi connectivity index (χ2v) is 9.40. The Morgan fingerprint density at radius 1 is 1.06 bits per heavy atom. The third-order valence-corrected chi connectivity index (χ3v) is 6.11. The Balaban J connectivity index is 1.64. The van der Waals surface area contributed by atoms with E-state index in [1.165, 1.54) is 12.1 Å². The Bertz CT molecular complexity index is 1220. The average Bonchev–Trinajstić information content (AvgIpc) is 3.11. The molecule has 1 aromatic carbocycles. The first-order chi connectivity index (χ1) is 15.6. The zero-order valence-electron chi connectivity index (χ0n) is 19.5. The molecule has 1 aliphatic heterocycles. The van der Waals surface area contributed by atoms with Crippen molar-refractivity contribution in [3.8, 4) is 11.3 Å². The molecule has 0 spiro atoms. The summed E-state index contributed by atoms with van der Waals surface area (Å²) < 4.78 is 30.2. The number of pyridine rings is 2. The molecule has 33 heavy (non-hydrogen) atoms. The molecule has 0 bridgehead atoms. The van der Waals surface area contributed by atoms with Crippen LogP contribution in [0.1, 0.15) is 67.7 Å². The molecule has 0 saturated heterocycles. The third kappa shape index (κ3) is 4.32. The Hall–Kier alpha value is -3.35. The Labute approximate surface area is 192 Å². The Morgan fingerprint density at radius 3 is 2.48 bits per heavy atom. The predicted molar refractivity (Wildman–Crippen MR) is 125 cm³/mol. The molecule has 2 aromatic heterocycles. The fraction of sp³-hybridized carbons (Fsp3) is 0.346. The molecule has 5 nitrogen and oxygen atoms in total. The van der Waals surface area contributed by atoms with Crippen molar-refractivity contribution in [1.29, 1.82) is 0 Å². The van der Waals surface area contributed by atoms with Gasteiger partial charge in [0.05, 0.1) is 18.3 Å². The molecular weight excluding hydrogens is 422 g/mol. The summed E-state index contributed by atoms with van der Waals surface area (Å²) >= 11 is 0. The summed E-state index contributed by atoms with van der Waals surface area (Å²) in [6.45, 7) is 10.9. The number of aromatic nitrogens is 2. The smallest absolute Gasteiger partial charge is 0.254 e. The van der Waals surface area contributed by atoms with Crippen molar-refractivity contribution in [2.45, 2.75) is 52.6 Å². The predicted octanol–water partition coefficient (Wildman–Crippen LogP) is 5.87. The molecule has 1 N–H and O–H groups in total. The molecule has 3 aromatic rings. The highest BCUT2D eigenvalue weighted by Crippen LogP contribution is 2.33. The molecule has 0 saturated carbocycles. The number of amides is 1. The number of anilines is 1. The molecule has 1 aliphatic rings. The molecule has 3 heterocycles. The van der Waals surface area contributed by atoms with Gasteiger partial charge in [0.25, 0.3) is 5.91 Å². The minimum absolute atomic E-state index is 0.0443. The molecule has 172 valence electrons. The van der Waals surface area contributed by atoms with Crippen LogP contribution in [0.5, 0.6) is 0 Å². The van der Waals surface area contributed by atoms with Crippen LogP contribution in [0.25, 0.3) is 11.3 Å². The minimum atomic E-state index is -0.563. The van der Waals surface area contributed by atoms with Crippen LogP contribution in [-0.2, 0) is 12.0 Å². The van der Waals surface area contributed by atoms with Gasteiger partial charge in [-0.1, -0.05) is 20.8 Å². The molecular formula is C26H28F2N4O. The van der Waals surface area contributed by atoms with E-state index in [9.17, 15) is 4.79 Å². The van der Waals surface area contributed by atoms with Crippen LogP contribution in [0, 0.1) is 11.6 Å². The van der Waals surface area contributed by atoms with Crippen LogP contribution in [0.2, 0.25) is 0 Å². The van der Waals surface area contributed by atoms with Gasteiger partial charge in [-0.2, -0.15) is 0 Å². The highest BCUT2D eigenvalue weighted by atomic mass is 19.1. The summed E-state index contributed by atoms with van der Waals surface area (Å²) in [6.07, 6.45) is 3.17. The van der Waals surface area contributed by atoms with Crippen molar-refractivity contribution in [2.75, 3.05) is 11.9 Å². The van der Waals surface area contributed by atoms with Gasteiger partial charge >= 0.3 is 0 Å². The molecule has 4 rings (SSSR count). The van der Waals surface area contributed by atoms with Gasteiger partial charge in [0.1, 0.15) is 17.5 Å². The molecule has 1 atom stereocenters. The highest BCUT2D eigenvalue weighted by molar-refractivity contribution is 5.99. The van der Waals surface area contributed by atoms with E-state index in [4.69, 9.17) is 0 Å². The zero-order valence-corrected chi connectivity index (χ0v) is 19.5. The molecule has 0 fully saturated rings. The van der Waals surface area contributed by atoms with Crippen LogP contribution in [-0.4, -0.2) is 27.3 Å². The fourth-order valence-corrected chi connectivity index (χ4v) is 4.08. The monoisotopic (exact) mass is 450 g/mol. The fourth-order valence-electron chi connectivity index (χ4n) is 4.08. The largest absolute Gasteiger partial charge is 0.363 e. The standard InChI is InChI=1S/C26H28F2N4O/c1-6-32-14-20-17(25(32)33)8-10-30-24(20)31-15(2)18-12-22(28)19(13-21(18)27)23-11-16(7-9-29-23)26(3,4)5/h7-13,15H,6,14H2,1-5H3,(H,30,31)/t15-/m0/s1. The van der Waals surface area contributed by atoms with E-state index in [-0.39, 0.29) is 22.4 Å². The first-order valence-electron chi connectivity index (χ1n) is 11.1. The number of halogens is 2. The lowest BCUT2D eigenvalue weighted by Gasteiger charge is -2.20. The first kappa shape index (κ1) is 22.8. The van der Waals surface area contributed by atoms with Crippen molar-refractivity contribution in [3.05, 3.63) is 76.6 Å². The summed E-state index contributed by atoms with van der Waals surface area (Å²) in [5, 5.41) is 3.17. The van der Waals surface area contributed by atoms with Crippen molar-refractivity contribution < 1.29 is 13.6 Å². The number of carbonyl (C=O) groups is 1. The topological polar surface area (TPSA) is 58.1 Å². The van der Waals surface area contributed by atoms with E-state index in [1.807, 2.05) is 13.0 Å². The Morgan fingerprint density at radius 2 is 1.79 bits per heavy atom. The van der Waals surface area contributed by atoms with Crippen molar-refractivity contribution in [3.63, 3.8) is 0 Å². The van der Waals surface area contributed by atoms with Crippen LogP contribution >= 0.6 is 0 Å². The number of carbonyl (C=O) groups excluding carboxylic acids is 1. The van der Waals surface area contributed by atoms with Crippen LogP contribution in [0.3, 0.4) is 0 Å². The number of hydrogen-bond acceptors (Lipinski definition) is 4. The highest BCUT2D eigenvalue weighted by Gasteiger charge is 2.29. The number of nitrogens with zero attached hydrogens (tertiary/aromatic N) is 3. The number of benzene rings is 1. The molecule has 0 aliphatic carbocycles. The van der Waals surface area contributed by atoms with Gasteiger partial charge in [0.2, 0.25) is 0 Å². The number of rotatable bonds is 5. The first-order valence-corrected chi connectivity index (χ1v) is 11.1. The average molecular weight is 451 g/mol. The van der Waals surface area contributed by atoms with Gasteiger partial charge < -0.3 is 10.2 Å². The van der Waals surface area contributed by atoms with E-state index in [2.05, 4.69) is 36.1 Å². The lowest BCUT2D eigenvalue weighted by molar-refractivity contribution is 0.0787. The van der Waals surface area contributed by atoms with E-state index in [0.717, 1.165) is 11.1 Å². The molecule has 1 amide bonds. The molecule has 7 heteroatoms. The van der Waals surface area contributed by atoms with Crippen molar-refractivity contribution >= 4 is 11.7 Å². The quantitative estimate of drug-likeness (QED) is 0.528. The van der Waals surface area contributed by atoms with Crippen molar-refractivity contribution in [2.24, 2.45) is 0 Å². The maximum atomic E-state index is 15.1. The summed E-state index contributed by atoms with van der Waals surface area (Å²) in [5.74, 6) is -0.615. The van der Waals surface area contributed by atoms with Crippen molar-refractivity contribution in [1.82, 2.24) is 14.9 Å². The van der Waals surface area contributed by atoms with Crippen LogP contribution < -0.4 is 5.32 Å². The van der Waals surface area contributed by atoms with Gasteiger partial charge in [-0.25, -0.2) is 13.8 Å². The van der Waals surface area contributed by atoms with Gasteiger partial charge in [-0.3, -0.25) is 9.78 Å². The SMILES string of the molecule is CCN1Cc2c(ccnc2N[C@@H](C)c2cc(F)c(-c3cc(C(C)(C)C)ccn3)cc2F)C1=O. The van der Waals surface area contributed by atoms with Gasteiger partial charge in [0.15, 0.2) is 0 Å². The minimum Gasteiger partial charge on any atom is -0.363 e. The van der Waals surface area contributed by atoms with E-state index >= 15 is 8.78 Å². The Kier molecular flexibility index (Phi) is 5.91. The van der Waals surface area contributed by atoms with E-state index in [0.29, 0.717) is 30.2 Å². The maximum Gasteiger partial charge on any atom is 0.254 e. The van der Waals surface area contributed by atoms with E-state index in [1.54, 1.807) is 36.4 Å². The number of nitrogens with one attached hydrogen (secondary N) is 1. The van der Waals surface area contributed by atoms with Crippen LogP contribution in [0.15, 0.2) is 42.7 Å². The number of fused-ring (bicyclic) bond motifs is 1. The summed E-state index contributed by atoms with van der Waals surface area (Å²) in [6, 6.07) is 7.22. The van der Waals surface area contributed by atoms with Gasteiger partial charge in [-0.05, 0) is 55.2 Å². The number of hydrogen-bond donors (Lipinski definition) is 1. The third-order valence-electron chi connectivity index (χ3n) is 6.11. The maximum absolute atomic E-state index is 15.1.